The van der Waals surface area contributed by atoms with Gasteiger partial charge >= 0.3 is 0 Å². The van der Waals surface area contributed by atoms with E-state index in [1.807, 2.05) is 36.4 Å². The maximum Gasteiger partial charge on any atom is 0.230 e. The van der Waals surface area contributed by atoms with Gasteiger partial charge in [0.2, 0.25) is 5.91 Å². The number of aliphatic hydroxyl groups is 1. The molecule has 1 aliphatic rings. The fraction of sp³-hybridized carbons (Fsp3) is 0.231. The molecule has 2 aromatic rings. The lowest BCUT2D eigenvalue weighted by Gasteiger charge is -2.10. The Morgan fingerprint density at radius 3 is 2.78 bits per heavy atom. The van der Waals surface area contributed by atoms with Gasteiger partial charge in [0.25, 0.3) is 0 Å². The Morgan fingerprint density at radius 1 is 1.33 bits per heavy atom. The molecule has 5 heteroatoms. The Hall–Kier alpha value is -2.14. The third-order valence-corrected chi connectivity index (χ3v) is 3.03. The van der Waals surface area contributed by atoms with E-state index in [0.717, 1.165) is 11.3 Å². The van der Waals surface area contributed by atoms with Gasteiger partial charge in [-0.2, -0.15) is 5.10 Å². The first kappa shape index (κ1) is 11.0. The van der Waals surface area contributed by atoms with Crippen molar-refractivity contribution in [2.45, 2.75) is 12.5 Å². The van der Waals surface area contributed by atoms with Crippen LogP contribution in [0.3, 0.4) is 0 Å². The molecule has 5 nitrogen and oxygen atoms in total. The number of amides is 1. The van der Waals surface area contributed by atoms with E-state index in [9.17, 15) is 9.90 Å². The van der Waals surface area contributed by atoms with Crippen LogP contribution in [0.25, 0.3) is 11.3 Å². The summed E-state index contributed by atoms with van der Waals surface area (Å²) in [5, 5.41) is 16.5. The first-order valence-electron chi connectivity index (χ1n) is 5.83. The molecular formula is C13H13N3O2. The fourth-order valence-electron chi connectivity index (χ4n) is 2.13. The predicted molar refractivity (Wildman–Crippen MR) is 67.0 cm³/mol. The van der Waals surface area contributed by atoms with Crippen molar-refractivity contribution in [3.8, 4) is 11.3 Å². The molecular weight excluding hydrogens is 230 g/mol. The number of aliphatic hydroxyl groups excluding tert-OH is 1. The zero-order valence-corrected chi connectivity index (χ0v) is 9.71. The summed E-state index contributed by atoms with van der Waals surface area (Å²) in [5.41, 5.74) is 1.88. The quantitative estimate of drug-likeness (QED) is 0.832. The molecule has 1 atom stereocenters. The van der Waals surface area contributed by atoms with Gasteiger partial charge in [0.15, 0.2) is 5.82 Å². The van der Waals surface area contributed by atoms with Crippen LogP contribution in [-0.4, -0.2) is 33.9 Å². The third kappa shape index (κ3) is 1.89. The molecule has 1 saturated heterocycles. The van der Waals surface area contributed by atoms with Crippen molar-refractivity contribution in [3.63, 3.8) is 0 Å². The maximum atomic E-state index is 11.6. The molecule has 3 rings (SSSR count). The van der Waals surface area contributed by atoms with E-state index < -0.39 is 6.10 Å². The lowest BCUT2D eigenvalue weighted by Crippen LogP contribution is -2.25. The summed E-state index contributed by atoms with van der Waals surface area (Å²) in [6.07, 6.45) is -0.414. The minimum Gasteiger partial charge on any atom is -0.391 e. The number of rotatable bonds is 2. The van der Waals surface area contributed by atoms with E-state index in [1.54, 1.807) is 0 Å². The molecule has 0 aliphatic carbocycles. The van der Waals surface area contributed by atoms with Crippen LogP contribution in [0.1, 0.15) is 6.42 Å². The summed E-state index contributed by atoms with van der Waals surface area (Å²) in [5.74, 6) is 0.476. The molecule has 92 valence electrons. The number of H-pyrrole nitrogens is 1. The number of carbonyl (C=O) groups is 1. The lowest BCUT2D eigenvalue weighted by atomic mass is 10.1. The summed E-state index contributed by atoms with van der Waals surface area (Å²) in [4.78, 5) is 13.2. The number of aromatic amines is 1. The number of carbonyl (C=O) groups excluding carboxylic acids is 1. The Bertz CT molecular complexity index is 565. The smallest absolute Gasteiger partial charge is 0.230 e. The van der Waals surface area contributed by atoms with E-state index in [1.165, 1.54) is 4.90 Å². The van der Waals surface area contributed by atoms with E-state index >= 15 is 0 Å². The van der Waals surface area contributed by atoms with Gasteiger partial charge in [-0.15, -0.1) is 0 Å². The lowest BCUT2D eigenvalue weighted by molar-refractivity contribution is -0.117. The third-order valence-electron chi connectivity index (χ3n) is 3.03. The number of benzene rings is 1. The molecule has 0 bridgehead atoms. The molecule has 0 spiro atoms. The van der Waals surface area contributed by atoms with Crippen molar-refractivity contribution in [1.82, 2.24) is 10.2 Å². The molecule has 2 N–H and O–H groups in total. The van der Waals surface area contributed by atoms with Crippen LogP contribution >= 0.6 is 0 Å². The highest BCUT2D eigenvalue weighted by atomic mass is 16.3. The van der Waals surface area contributed by atoms with Crippen LogP contribution in [-0.2, 0) is 4.79 Å². The number of β-amino-alcohol motifs (C(OH)–C–C–N with tert-alkyl or cyclic N) is 1. The summed E-state index contributed by atoms with van der Waals surface area (Å²) in [6.45, 7) is 0.317. The van der Waals surface area contributed by atoms with E-state index in [-0.39, 0.29) is 12.3 Å². The number of nitrogens with one attached hydrogen (secondary N) is 1. The van der Waals surface area contributed by atoms with Crippen molar-refractivity contribution in [2.75, 3.05) is 11.4 Å². The highest BCUT2D eigenvalue weighted by Gasteiger charge is 2.30. The van der Waals surface area contributed by atoms with E-state index in [0.29, 0.717) is 12.4 Å². The fourth-order valence-corrected chi connectivity index (χ4v) is 2.13. The second-order valence-corrected chi connectivity index (χ2v) is 4.37. The van der Waals surface area contributed by atoms with Crippen LogP contribution in [0.15, 0.2) is 36.4 Å². The second-order valence-electron chi connectivity index (χ2n) is 4.37. The first-order chi connectivity index (χ1) is 8.74. The largest absolute Gasteiger partial charge is 0.391 e. The molecule has 0 radical (unpaired) electrons. The molecule has 2 heterocycles. The van der Waals surface area contributed by atoms with Gasteiger partial charge in [-0.3, -0.25) is 14.8 Å². The molecule has 0 saturated carbocycles. The van der Waals surface area contributed by atoms with Crippen LogP contribution < -0.4 is 4.90 Å². The van der Waals surface area contributed by atoms with Gasteiger partial charge in [0.1, 0.15) is 0 Å². The predicted octanol–water partition coefficient (Wildman–Crippen LogP) is 1.17. The molecule has 18 heavy (non-hydrogen) atoms. The zero-order chi connectivity index (χ0) is 12.5. The zero-order valence-electron chi connectivity index (χ0n) is 9.71. The van der Waals surface area contributed by atoms with Gasteiger partial charge < -0.3 is 5.11 Å². The van der Waals surface area contributed by atoms with Crippen molar-refractivity contribution >= 4 is 11.7 Å². The van der Waals surface area contributed by atoms with Gasteiger partial charge in [0, 0.05) is 6.07 Å². The molecule has 1 unspecified atom stereocenters. The SMILES string of the molecule is O=C1CC(O)CN1c1cc(-c2ccccc2)[nH]n1. The van der Waals surface area contributed by atoms with Gasteiger partial charge in [-0.1, -0.05) is 30.3 Å². The Kier molecular flexibility index (Phi) is 2.60. The summed E-state index contributed by atoms with van der Waals surface area (Å²) in [7, 11) is 0. The molecule has 1 aromatic heterocycles. The molecule has 1 aromatic carbocycles. The number of hydrogen-bond donors (Lipinski definition) is 2. The standard InChI is InChI=1S/C13H13N3O2/c17-10-6-13(18)16(8-10)12-7-11(14-15-12)9-4-2-1-3-5-9/h1-5,7,10,17H,6,8H2,(H,14,15). The molecule has 1 amide bonds. The Balaban J connectivity index is 1.88. The van der Waals surface area contributed by atoms with Gasteiger partial charge in [-0.05, 0) is 5.56 Å². The van der Waals surface area contributed by atoms with Crippen LogP contribution in [0, 0.1) is 0 Å². The maximum absolute atomic E-state index is 11.6. The number of nitrogens with zero attached hydrogens (tertiary/aromatic N) is 2. The van der Waals surface area contributed by atoms with Gasteiger partial charge in [0.05, 0.1) is 24.8 Å². The molecule has 1 fully saturated rings. The minimum absolute atomic E-state index is 0.0892. The highest BCUT2D eigenvalue weighted by molar-refractivity contribution is 5.95. The van der Waals surface area contributed by atoms with Crippen LogP contribution in [0.4, 0.5) is 5.82 Å². The number of aromatic nitrogens is 2. The monoisotopic (exact) mass is 243 g/mol. The topological polar surface area (TPSA) is 69.2 Å². The summed E-state index contributed by atoms with van der Waals surface area (Å²) < 4.78 is 0. The minimum atomic E-state index is -0.589. The second kappa shape index (κ2) is 4.27. The summed E-state index contributed by atoms with van der Waals surface area (Å²) >= 11 is 0. The van der Waals surface area contributed by atoms with Crippen LogP contribution in [0.5, 0.6) is 0 Å². The number of anilines is 1. The van der Waals surface area contributed by atoms with Crippen molar-refractivity contribution in [3.05, 3.63) is 36.4 Å². The van der Waals surface area contributed by atoms with Gasteiger partial charge in [-0.25, -0.2) is 0 Å². The van der Waals surface area contributed by atoms with Crippen LogP contribution in [0.2, 0.25) is 0 Å². The van der Waals surface area contributed by atoms with E-state index in [4.69, 9.17) is 0 Å². The van der Waals surface area contributed by atoms with Crippen molar-refractivity contribution < 1.29 is 9.90 Å². The van der Waals surface area contributed by atoms with Crippen molar-refractivity contribution in [2.24, 2.45) is 0 Å². The summed E-state index contributed by atoms with van der Waals surface area (Å²) in [6, 6.07) is 11.6. The van der Waals surface area contributed by atoms with Crippen molar-refractivity contribution in [1.29, 1.82) is 0 Å². The number of hydrogen-bond acceptors (Lipinski definition) is 3. The normalized spacial score (nSPS) is 19.5. The molecule has 1 aliphatic heterocycles. The average molecular weight is 243 g/mol. The Labute approximate surface area is 104 Å². The highest BCUT2D eigenvalue weighted by Crippen LogP contribution is 2.24. The first-order valence-corrected chi connectivity index (χ1v) is 5.83. The average Bonchev–Trinajstić information content (AvgIpc) is 2.97. The van der Waals surface area contributed by atoms with E-state index in [2.05, 4.69) is 10.2 Å². The Morgan fingerprint density at radius 2 is 2.11 bits per heavy atom.